The van der Waals surface area contributed by atoms with Gasteiger partial charge in [0, 0.05) is 17.4 Å². The second kappa shape index (κ2) is 5.25. The normalized spacial score (nSPS) is 19.7. The summed E-state index contributed by atoms with van der Waals surface area (Å²) < 4.78 is 19.1. The van der Waals surface area contributed by atoms with E-state index in [0.29, 0.717) is 29.3 Å². The number of nitrogens with zero attached hydrogens (tertiary/aromatic N) is 1. The largest absolute Gasteiger partial charge is 0.478 e. The maximum atomic E-state index is 13.6. The molecular formula is C16H13ClFN2O2. The van der Waals surface area contributed by atoms with Gasteiger partial charge in [0.05, 0.1) is 11.6 Å². The van der Waals surface area contributed by atoms with Crippen LogP contribution >= 0.6 is 11.6 Å². The van der Waals surface area contributed by atoms with Crippen molar-refractivity contribution in [2.75, 3.05) is 11.9 Å². The number of nitrogens with one attached hydrogen (secondary N) is 1. The topological polar surface area (TPSA) is 51.2 Å². The minimum absolute atomic E-state index is 0.0647. The van der Waals surface area contributed by atoms with Gasteiger partial charge in [-0.25, -0.2) is 9.37 Å². The summed E-state index contributed by atoms with van der Waals surface area (Å²) in [6.45, 7) is 6.29. The number of ether oxygens (including phenoxy) is 1. The summed E-state index contributed by atoms with van der Waals surface area (Å²) in [5.41, 5.74) is 0.0765. The Balaban J connectivity index is 2.23. The molecule has 6 heteroatoms. The van der Waals surface area contributed by atoms with Crippen LogP contribution in [0.3, 0.4) is 0 Å². The number of aromatic nitrogens is 1. The van der Waals surface area contributed by atoms with Crippen LogP contribution in [0.4, 0.5) is 10.1 Å². The zero-order valence-corrected chi connectivity index (χ0v) is 12.6. The van der Waals surface area contributed by atoms with Crippen LogP contribution in [0.2, 0.25) is 5.02 Å². The number of rotatable bonds is 3. The average Bonchev–Trinajstić information content (AvgIpc) is 2.73. The van der Waals surface area contributed by atoms with E-state index in [0.717, 1.165) is 0 Å². The Hall–Kier alpha value is -2.14. The number of carbonyl (C=O) groups excluding carboxylic acids is 1. The van der Waals surface area contributed by atoms with E-state index in [2.05, 4.69) is 17.2 Å². The number of hydrogen-bond donors (Lipinski definition) is 1. The van der Waals surface area contributed by atoms with E-state index < -0.39 is 11.2 Å². The molecule has 1 aliphatic heterocycles. The Morgan fingerprint density at radius 3 is 2.95 bits per heavy atom. The number of halogens is 2. The summed E-state index contributed by atoms with van der Waals surface area (Å²) in [4.78, 5) is 16.7. The van der Waals surface area contributed by atoms with Crippen LogP contribution in [0.1, 0.15) is 18.1 Å². The fourth-order valence-corrected chi connectivity index (χ4v) is 2.75. The molecule has 0 saturated carbocycles. The van der Waals surface area contributed by atoms with Crippen molar-refractivity contribution >= 4 is 23.2 Å². The number of carbonyl (C=O) groups is 1. The van der Waals surface area contributed by atoms with E-state index >= 15 is 0 Å². The SMILES string of the molecule is [CH2]C1(c2cccnc2OCC)C(=O)Nc2cc(F)c(Cl)cc21. The molecule has 1 radical (unpaired) electrons. The fourth-order valence-electron chi connectivity index (χ4n) is 2.59. The second-order valence-corrected chi connectivity index (χ2v) is 5.37. The predicted molar refractivity (Wildman–Crippen MR) is 81.6 cm³/mol. The number of amides is 1. The second-order valence-electron chi connectivity index (χ2n) is 4.96. The summed E-state index contributed by atoms with van der Waals surface area (Å²) in [5.74, 6) is -0.650. The number of fused-ring (bicyclic) bond motifs is 1. The lowest BCUT2D eigenvalue weighted by Crippen LogP contribution is -2.33. The molecule has 0 aliphatic carbocycles. The minimum Gasteiger partial charge on any atom is -0.478 e. The van der Waals surface area contributed by atoms with Gasteiger partial charge in [-0.2, -0.15) is 0 Å². The molecule has 4 nitrogen and oxygen atoms in total. The monoisotopic (exact) mass is 319 g/mol. The average molecular weight is 320 g/mol. The number of benzene rings is 1. The Bertz CT molecular complexity index is 766. The number of hydrogen-bond acceptors (Lipinski definition) is 3. The van der Waals surface area contributed by atoms with Crippen LogP contribution < -0.4 is 10.1 Å². The van der Waals surface area contributed by atoms with Crippen molar-refractivity contribution in [3.05, 3.63) is 59.4 Å². The zero-order valence-electron chi connectivity index (χ0n) is 11.8. The summed E-state index contributed by atoms with van der Waals surface area (Å²) in [6, 6.07) is 6.02. The lowest BCUT2D eigenvalue weighted by molar-refractivity contribution is -0.118. The molecule has 1 unspecified atom stereocenters. The van der Waals surface area contributed by atoms with Gasteiger partial charge < -0.3 is 10.1 Å². The van der Waals surface area contributed by atoms with Crippen LogP contribution in [0.25, 0.3) is 0 Å². The van der Waals surface area contributed by atoms with Gasteiger partial charge in [0.1, 0.15) is 11.2 Å². The third-order valence-corrected chi connectivity index (χ3v) is 3.96. The highest BCUT2D eigenvalue weighted by molar-refractivity contribution is 6.31. The van der Waals surface area contributed by atoms with Crippen LogP contribution in [-0.4, -0.2) is 17.5 Å². The van der Waals surface area contributed by atoms with Gasteiger partial charge in [-0.15, -0.1) is 0 Å². The van der Waals surface area contributed by atoms with E-state index in [9.17, 15) is 9.18 Å². The van der Waals surface area contributed by atoms with Gasteiger partial charge in [-0.05, 0) is 37.6 Å². The van der Waals surface area contributed by atoms with Crippen LogP contribution in [0.15, 0.2) is 30.5 Å². The highest BCUT2D eigenvalue weighted by atomic mass is 35.5. The molecule has 3 rings (SSSR count). The van der Waals surface area contributed by atoms with E-state index in [-0.39, 0.29) is 10.9 Å². The minimum atomic E-state index is -1.29. The first kappa shape index (κ1) is 14.8. The van der Waals surface area contributed by atoms with Crippen molar-refractivity contribution in [1.29, 1.82) is 0 Å². The van der Waals surface area contributed by atoms with Gasteiger partial charge in [-0.3, -0.25) is 4.79 Å². The van der Waals surface area contributed by atoms with Crippen molar-refractivity contribution in [2.24, 2.45) is 0 Å². The first-order chi connectivity index (χ1) is 10.5. The molecule has 1 aromatic heterocycles. The molecule has 1 aromatic carbocycles. The molecule has 2 heterocycles. The van der Waals surface area contributed by atoms with Gasteiger partial charge in [-0.1, -0.05) is 17.7 Å². The summed E-state index contributed by atoms with van der Waals surface area (Å²) in [5, 5.41) is 2.58. The van der Waals surface area contributed by atoms with E-state index in [4.69, 9.17) is 16.3 Å². The van der Waals surface area contributed by atoms with Crippen molar-refractivity contribution < 1.29 is 13.9 Å². The maximum absolute atomic E-state index is 13.6. The van der Waals surface area contributed by atoms with E-state index in [1.54, 1.807) is 18.3 Å². The van der Waals surface area contributed by atoms with Crippen LogP contribution in [0, 0.1) is 12.7 Å². The molecule has 1 atom stereocenters. The molecule has 22 heavy (non-hydrogen) atoms. The van der Waals surface area contributed by atoms with Crippen molar-refractivity contribution in [3.8, 4) is 5.88 Å². The summed E-state index contributed by atoms with van der Waals surface area (Å²) in [7, 11) is 0. The Morgan fingerprint density at radius 1 is 1.45 bits per heavy atom. The first-order valence-corrected chi connectivity index (χ1v) is 7.11. The lowest BCUT2D eigenvalue weighted by Gasteiger charge is -2.24. The van der Waals surface area contributed by atoms with Crippen molar-refractivity contribution in [2.45, 2.75) is 12.3 Å². The molecule has 2 aromatic rings. The molecule has 1 amide bonds. The third-order valence-electron chi connectivity index (χ3n) is 3.67. The van der Waals surface area contributed by atoms with E-state index in [1.807, 2.05) is 6.92 Å². The maximum Gasteiger partial charge on any atom is 0.239 e. The summed E-state index contributed by atoms with van der Waals surface area (Å²) in [6.07, 6.45) is 1.57. The van der Waals surface area contributed by atoms with Gasteiger partial charge in [0.25, 0.3) is 0 Å². The smallest absolute Gasteiger partial charge is 0.239 e. The Morgan fingerprint density at radius 2 is 2.23 bits per heavy atom. The summed E-state index contributed by atoms with van der Waals surface area (Å²) >= 11 is 5.87. The van der Waals surface area contributed by atoms with Crippen molar-refractivity contribution in [1.82, 2.24) is 4.98 Å². The molecule has 1 N–H and O–H groups in total. The molecular weight excluding hydrogens is 307 g/mol. The van der Waals surface area contributed by atoms with Gasteiger partial charge >= 0.3 is 0 Å². The Labute approximate surface area is 132 Å². The number of pyridine rings is 1. The zero-order chi connectivity index (χ0) is 15.9. The van der Waals surface area contributed by atoms with E-state index in [1.165, 1.54) is 12.1 Å². The molecule has 113 valence electrons. The quantitative estimate of drug-likeness (QED) is 0.944. The fraction of sp³-hybridized carbons (Fsp3) is 0.188. The Kier molecular flexibility index (Phi) is 3.53. The number of anilines is 1. The standard InChI is InChI=1S/C16H13ClFN2O2/c1-3-22-14-9(5-4-6-19-14)16(2)10-7-11(17)12(18)8-13(10)20-15(16)21/h4-8H,2-3H2,1H3,(H,20,21). The molecule has 1 aliphatic rings. The molecule has 0 fully saturated rings. The van der Waals surface area contributed by atoms with Gasteiger partial charge in [0.2, 0.25) is 11.8 Å². The molecule has 0 spiro atoms. The first-order valence-electron chi connectivity index (χ1n) is 6.73. The molecule has 0 saturated heterocycles. The third kappa shape index (κ3) is 2.04. The van der Waals surface area contributed by atoms with Gasteiger partial charge in [0.15, 0.2) is 0 Å². The van der Waals surface area contributed by atoms with Crippen LogP contribution in [-0.2, 0) is 10.2 Å². The lowest BCUT2D eigenvalue weighted by atomic mass is 9.77. The van der Waals surface area contributed by atoms with Crippen LogP contribution in [0.5, 0.6) is 5.88 Å². The highest BCUT2D eigenvalue weighted by Gasteiger charge is 2.47. The van der Waals surface area contributed by atoms with Crippen molar-refractivity contribution in [3.63, 3.8) is 0 Å². The predicted octanol–water partition coefficient (Wildman–Crippen LogP) is 3.35. The highest BCUT2D eigenvalue weighted by Crippen LogP contribution is 2.46. The molecule has 0 bridgehead atoms.